The minimum absolute atomic E-state index is 0.940. The van der Waals surface area contributed by atoms with Crippen molar-refractivity contribution in [2.75, 3.05) is 7.05 Å². The number of likely N-dealkylation sites (N-methyl/N-ethyl adjacent to an activating group) is 1. The van der Waals surface area contributed by atoms with Crippen LogP contribution < -0.4 is 5.32 Å². The van der Waals surface area contributed by atoms with Crippen molar-refractivity contribution in [3.8, 4) is 0 Å². The SMILES string of the molecule is C=C=C(C=C(C)C)NC. The van der Waals surface area contributed by atoms with Gasteiger partial charge in [-0.3, -0.25) is 0 Å². The third-order valence-corrected chi connectivity index (χ3v) is 0.893. The molecular formula is C8H13N. The van der Waals surface area contributed by atoms with Crippen molar-refractivity contribution in [1.29, 1.82) is 0 Å². The zero-order valence-corrected chi connectivity index (χ0v) is 6.28. The molecule has 0 fully saturated rings. The molecule has 0 saturated heterocycles. The minimum atomic E-state index is 0.940. The summed E-state index contributed by atoms with van der Waals surface area (Å²) in [5.41, 5.74) is 4.95. The first-order valence-corrected chi connectivity index (χ1v) is 2.93. The van der Waals surface area contributed by atoms with E-state index in [4.69, 9.17) is 0 Å². The van der Waals surface area contributed by atoms with Gasteiger partial charge in [-0.15, -0.1) is 5.73 Å². The van der Waals surface area contributed by atoms with Crippen molar-refractivity contribution in [2.45, 2.75) is 13.8 Å². The van der Waals surface area contributed by atoms with E-state index in [2.05, 4.69) is 17.6 Å². The topological polar surface area (TPSA) is 12.0 Å². The van der Waals surface area contributed by atoms with E-state index in [1.54, 1.807) is 0 Å². The van der Waals surface area contributed by atoms with Crippen LogP contribution in [0.2, 0.25) is 0 Å². The van der Waals surface area contributed by atoms with Gasteiger partial charge < -0.3 is 5.32 Å². The molecule has 0 aromatic carbocycles. The zero-order valence-electron chi connectivity index (χ0n) is 6.28. The predicted octanol–water partition coefficient (Wildman–Crippen LogP) is 1.84. The highest BCUT2D eigenvalue weighted by Gasteiger charge is 1.81. The summed E-state index contributed by atoms with van der Waals surface area (Å²) in [7, 11) is 1.85. The molecule has 0 amide bonds. The second-order valence-electron chi connectivity index (χ2n) is 2.06. The Kier molecular flexibility index (Phi) is 3.57. The van der Waals surface area contributed by atoms with Gasteiger partial charge >= 0.3 is 0 Å². The summed E-state index contributed by atoms with van der Waals surface area (Å²) >= 11 is 0. The molecule has 1 N–H and O–H groups in total. The Bertz CT molecular complexity index is 155. The predicted molar refractivity (Wildman–Crippen MR) is 41.1 cm³/mol. The molecule has 9 heavy (non-hydrogen) atoms. The van der Waals surface area contributed by atoms with E-state index in [1.165, 1.54) is 5.57 Å². The monoisotopic (exact) mass is 123 g/mol. The highest BCUT2D eigenvalue weighted by atomic mass is 14.8. The zero-order chi connectivity index (χ0) is 7.28. The van der Waals surface area contributed by atoms with Gasteiger partial charge in [-0.2, -0.15) is 0 Å². The molecule has 0 aromatic rings. The van der Waals surface area contributed by atoms with Crippen LogP contribution in [0.15, 0.2) is 29.7 Å². The first-order chi connectivity index (χ1) is 4.20. The number of hydrogen-bond acceptors (Lipinski definition) is 1. The Morgan fingerprint density at radius 3 is 2.22 bits per heavy atom. The van der Waals surface area contributed by atoms with Crippen LogP contribution in [0.25, 0.3) is 0 Å². The number of rotatable bonds is 2. The molecule has 0 saturated carbocycles. The third kappa shape index (κ3) is 3.63. The lowest BCUT2D eigenvalue weighted by molar-refractivity contribution is 1.03. The Morgan fingerprint density at radius 1 is 1.56 bits per heavy atom. The average molecular weight is 123 g/mol. The summed E-state index contributed by atoms with van der Waals surface area (Å²) < 4.78 is 0. The number of allylic oxidation sites excluding steroid dienone is 2. The highest BCUT2D eigenvalue weighted by Crippen LogP contribution is 1.94. The van der Waals surface area contributed by atoms with Crippen LogP contribution in [0, 0.1) is 0 Å². The standard InChI is InChI=1S/C8H13N/c1-5-8(9-4)6-7(2)3/h6,9H,1H2,2-4H3. The van der Waals surface area contributed by atoms with Gasteiger partial charge in [-0.1, -0.05) is 12.2 Å². The Hall–Kier alpha value is -0.940. The van der Waals surface area contributed by atoms with Gasteiger partial charge in [0, 0.05) is 7.05 Å². The van der Waals surface area contributed by atoms with Gasteiger partial charge in [-0.05, 0) is 19.9 Å². The fourth-order valence-electron chi connectivity index (χ4n) is 0.500. The molecule has 0 aliphatic heterocycles. The normalized spacial score (nSPS) is 7.44. The molecule has 0 radical (unpaired) electrons. The third-order valence-electron chi connectivity index (χ3n) is 0.893. The van der Waals surface area contributed by atoms with E-state index in [0.29, 0.717) is 0 Å². The van der Waals surface area contributed by atoms with Crippen molar-refractivity contribution in [3.05, 3.63) is 29.7 Å². The lowest BCUT2D eigenvalue weighted by atomic mass is 10.3. The Labute approximate surface area is 56.8 Å². The van der Waals surface area contributed by atoms with E-state index >= 15 is 0 Å². The second kappa shape index (κ2) is 3.99. The molecule has 50 valence electrons. The van der Waals surface area contributed by atoms with Crippen LogP contribution >= 0.6 is 0 Å². The fraction of sp³-hybridized carbons (Fsp3) is 0.375. The van der Waals surface area contributed by atoms with Crippen molar-refractivity contribution in [3.63, 3.8) is 0 Å². The Balaban J connectivity index is 4.19. The summed E-state index contributed by atoms with van der Waals surface area (Å²) in [6.07, 6.45) is 1.99. The van der Waals surface area contributed by atoms with Crippen LogP contribution in [0.3, 0.4) is 0 Å². The number of hydrogen-bond donors (Lipinski definition) is 1. The second-order valence-corrected chi connectivity index (χ2v) is 2.06. The van der Waals surface area contributed by atoms with Gasteiger partial charge in [0.2, 0.25) is 0 Å². The van der Waals surface area contributed by atoms with E-state index in [0.717, 1.165) is 5.70 Å². The van der Waals surface area contributed by atoms with Gasteiger partial charge in [0.1, 0.15) is 0 Å². The molecule has 0 aliphatic rings. The molecule has 1 nitrogen and oxygen atoms in total. The maximum Gasteiger partial charge on any atom is 0.0764 e. The molecular weight excluding hydrogens is 110 g/mol. The lowest BCUT2D eigenvalue weighted by Gasteiger charge is -1.95. The minimum Gasteiger partial charge on any atom is -0.382 e. The van der Waals surface area contributed by atoms with Gasteiger partial charge in [0.25, 0.3) is 0 Å². The fourth-order valence-corrected chi connectivity index (χ4v) is 0.500. The molecule has 0 heterocycles. The van der Waals surface area contributed by atoms with E-state index in [1.807, 2.05) is 27.0 Å². The van der Waals surface area contributed by atoms with Gasteiger partial charge in [0.15, 0.2) is 0 Å². The van der Waals surface area contributed by atoms with Crippen LogP contribution in [0.5, 0.6) is 0 Å². The quantitative estimate of drug-likeness (QED) is 0.436. The Morgan fingerprint density at radius 2 is 2.11 bits per heavy atom. The van der Waals surface area contributed by atoms with Crippen LogP contribution in [-0.4, -0.2) is 7.05 Å². The molecule has 0 spiro atoms. The van der Waals surface area contributed by atoms with Gasteiger partial charge in [0.05, 0.1) is 5.70 Å². The molecule has 0 unspecified atom stereocenters. The average Bonchev–Trinajstić information content (AvgIpc) is 1.82. The van der Waals surface area contributed by atoms with Crippen molar-refractivity contribution >= 4 is 0 Å². The molecule has 0 aromatic heterocycles. The molecule has 0 aliphatic carbocycles. The number of nitrogens with one attached hydrogen (secondary N) is 1. The van der Waals surface area contributed by atoms with Gasteiger partial charge in [-0.25, -0.2) is 0 Å². The van der Waals surface area contributed by atoms with Crippen LogP contribution in [0.1, 0.15) is 13.8 Å². The lowest BCUT2D eigenvalue weighted by Crippen LogP contribution is -2.01. The first-order valence-electron chi connectivity index (χ1n) is 2.93. The van der Waals surface area contributed by atoms with Crippen molar-refractivity contribution < 1.29 is 0 Å². The summed E-state index contributed by atoms with van der Waals surface area (Å²) in [5, 5.41) is 2.95. The largest absolute Gasteiger partial charge is 0.382 e. The molecule has 1 heteroatoms. The van der Waals surface area contributed by atoms with Crippen LogP contribution in [-0.2, 0) is 0 Å². The maximum atomic E-state index is 3.52. The van der Waals surface area contributed by atoms with Crippen molar-refractivity contribution in [2.24, 2.45) is 0 Å². The van der Waals surface area contributed by atoms with Crippen molar-refractivity contribution in [1.82, 2.24) is 5.32 Å². The van der Waals surface area contributed by atoms with Crippen LogP contribution in [0.4, 0.5) is 0 Å². The van der Waals surface area contributed by atoms with E-state index in [-0.39, 0.29) is 0 Å². The molecule has 0 atom stereocenters. The summed E-state index contributed by atoms with van der Waals surface area (Å²) in [5.74, 6) is 0. The molecule has 0 bridgehead atoms. The first kappa shape index (κ1) is 8.06. The maximum absolute atomic E-state index is 3.52. The van der Waals surface area contributed by atoms with E-state index in [9.17, 15) is 0 Å². The smallest absolute Gasteiger partial charge is 0.0764 e. The van der Waals surface area contributed by atoms with E-state index < -0.39 is 0 Å². The molecule has 0 rings (SSSR count). The summed E-state index contributed by atoms with van der Waals surface area (Å²) in [6, 6.07) is 0. The highest BCUT2D eigenvalue weighted by molar-refractivity contribution is 5.17. The summed E-state index contributed by atoms with van der Waals surface area (Å²) in [6.45, 7) is 7.59. The summed E-state index contributed by atoms with van der Waals surface area (Å²) in [4.78, 5) is 0.